The van der Waals surface area contributed by atoms with Crippen LogP contribution in [0.25, 0.3) is 0 Å². The van der Waals surface area contributed by atoms with Crippen molar-refractivity contribution in [2.24, 2.45) is 0 Å². The van der Waals surface area contributed by atoms with Crippen LogP contribution in [0.5, 0.6) is 0 Å². The molecule has 1 aromatic rings. The van der Waals surface area contributed by atoms with Gasteiger partial charge in [-0.15, -0.1) is 0 Å². The van der Waals surface area contributed by atoms with Gasteiger partial charge in [0.25, 0.3) is 0 Å². The van der Waals surface area contributed by atoms with Crippen molar-refractivity contribution < 1.29 is 0 Å². The van der Waals surface area contributed by atoms with Crippen LogP contribution in [-0.2, 0) is 0 Å². The number of hydrogen-bond donors (Lipinski definition) is 0. The molecule has 0 fully saturated rings. The highest BCUT2D eigenvalue weighted by molar-refractivity contribution is 6.91. The van der Waals surface area contributed by atoms with Gasteiger partial charge in [0.05, 0.1) is 18.3 Å². The molecule has 0 spiro atoms. The van der Waals surface area contributed by atoms with Gasteiger partial charge in [-0.05, 0) is 6.92 Å². The highest BCUT2D eigenvalue weighted by Gasteiger charge is 2.19. The van der Waals surface area contributed by atoms with Crippen LogP contribution in [0.2, 0.25) is 19.6 Å². The summed E-state index contributed by atoms with van der Waals surface area (Å²) in [4.78, 5) is 0. The number of hydrogen-bond acceptors (Lipinski definition) is 0. The molecule has 0 unspecified atom stereocenters. The summed E-state index contributed by atoms with van der Waals surface area (Å²) in [5.41, 5.74) is 1.42. The topological polar surface area (TPSA) is 0 Å². The molecular formula is C10H15Si2. The highest BCUT2D eigenvalue weighted by Crippen LogP contribution is 2.03. The lowest BCUT2D eigenvalue weighted by atomic mass is 10.2. The Kier molecular flexibility index (Phi) is 2.59. The van der Waals surface area contributed by atoms with E-state index in [0.717, 1.165) is 0 Å². The monoisotopic (exact) mass is 191 g/mol. The quantitative estimate of drug-likeness (QED) is 0.588. The molecule has 0 N–H and O–H groups in total. The van der Waals surface area contributed by atoms with Crippen molar-refractivity contribution >= 4 is 28.7 Å². The molecule has 0 atom stereocenters. The van der Waals surface area contributed by atoms with E-state index in [4.69, 9.17) is 0 Å². The zero-order valence-corrected chi connectivity index (χ0v) is 10.2. The van der Waals surface area contributed by atoms with Gasteiger partial charge in [-0.1, -0.05) is 53.8 Å². The summed E-state index contributed by atoms with van der Waals surface area (Å²) in [7, 11) is 2.50. The summed E-state index contributed by atoms with van der Waals surface area (Å²) in [6.45, 7) is 9.31. The molecule has 0 saturated carbocycles. The minimum atomic E-state index is -1.17. The van der Waals surface area contributed by atoms with E-state index in [0.29, 0.717) is 0 Å². The van der Waals surface area contributed by atoms with Crippen LogP contribution >= 0.6 is 0 Å². The summed E-state index contributed by atoms with van der Waals surface area (Å²) in [6, 6.07) is 6.43. The highest BCUT2D eigenvalue weighted by atomic mass is 28.3. The van der Waals surface area contributed by atoms with Gasteiger partial charge in [-0.3, -0.25) is 0 Å². The first-order valence-corrected chi connectivity index (χ1v) is 8.24. The summed E-state index contributed by atoms with van der Waals surface area (Å²) < 4.78 is 0. The largest absolute Gasteiger partial charge is 0.0777 e. The molecule has 3 radical (unpaired) electrons. The molecular weight excluding hydrogens is 176 g/mol. The van der Waals surface area contributed by atoms with Crippen LogP contribution in [0.15, 0.2) is 18.2 Å². The Morgan fingerprint density at radius 3 is 2.08 bits per heavy atom. The Balaban J connectivity index is 3.31. The number of rotatable bonds is 1. The smallest absolute Gasteiger partial charge is 0.0678 e. The van der Waals surface area contributed by atoms with E-state index in [1.165, 1.54) is 10.8 Å². The summed E-state index contributed by atoms with van der Waals surface area (Å²) in [5, 5.41) is 2.82. The maximum absolute atomic E-state index is 3.67. The second-order valence-electron chi connectivity index (χ2n) is 4.25. The third kappa shape index (κ3) is 1.87. The second-order valence-corrected chi connectivity index (χ2v) is 9.79. The normalized spacial score (nSPS) is 11.8. The summed E-state index contributed by atoms with van der Waals surface area (Å²) in [5.74, 6) is 0. The predicted molar refractivity (Wildman–Crippen MR) is 59.5 cm³/mol. The number of aryl methyl sites for hydroxylation is 1. The molecule has 1 aromatic carbocycles. The van der Waals surface area contributed by atoms with Crippen LogP contribution in [0.4, 0.5) is 0 Å². The molecule has 0 saturated heterocycles. The minimum Gasteiger partial charge on any atom is -0.0678 e. The van der Waals surface area contributed by atoms with E-state index < -0.39 is 8.07 Å². The van der Waals surface area contributed by atoms with Crippen molar-refractivity contribution in [3.8, 4) is 0 Å². The van der Waals surface area contributed by atoms with Crippen molar-refractivity contribution in [3.05, 3.63) is 23.8 Å². The molecule has 2 heteroatoms. The van der Waals surface area contributed by atoms with E-state index in [9.17, 15) is 0 Å². The molecule has 0 nitrogen and oxygen atoms in total. The molecule has 0 amide bonds. The van der Waals surface area contributed by atoms with Gasteiger partial charge < -0.3 is 0 Å². The van der Waals surface area contributed by atoms with Crippen LogP contribution in [-0.4, -0.2) is 18.3 Å². The Labute approximate surface area is 79.4 Å². The molecule has 0 heterocycles. The summed E-state index contributed by atoms with van der Waals surface area (Å²) in [6.07, 6.45) is 0. The first-order chi connectivity index (χ1) is 5.43. The van der Waals surface area contributed by atoms with Gasteiger partial charge in [0.1, 0.15) is 0 Å². The third-order valence-electron chi connectivity index (χ3n) is 2.02. The van der Waals surface area contributed by atoms with Crippen molar-refractivity contribution in [1.82, 2.24) is 0 Å². The predicted octanol–water partition coefficient (Wildman–Crippen LogP) is 1.33. The maximum Gasteiger partial charge on any atom is 0.0777 e. The van der Waals surface area contributed by atoms with Crippen LogP contribution in [0.3, 0.4) is 0 Å². The van der Waals surface area contributed by atoms with Crippen LogP contribution in [0.1, 0.15) is 5.56 Å². The van der Waals surface area contributed by atoms with Gasteiger partial charge in [0, 0.05) is 0 Å². The fourth-order valence-corrected chi connectivity index (χ4v) is 5.24. The lowest BCUT2D eigenvalue weighted by Gasteiger charge is -2.21. The molecule has 0 aliphatic carbocycles. The van der Waals surface area contributed by atoms with Crippen LogP contribution < -0.4 is 10.4 Å². The lowest BCUT2D eigenvalue weighted by Crippen LogP contribution is -2.48. The Morgan fingerprint density at radius 2 is 1.75 bits per heavy atom. The molecule has 1 rings (SSSR count). The fraction of sp³-hybridized carbons (Fsp3) is 0.400. The first-order valence-electron chi connectivity index (χ1n) is 4.24. The average molecular weight is 191 g/mol. The molecule has 63 valence electrons. The fourth-order valence-electron chi connectivity index (χ4n) is 1.66. The van der Waals surface area contributed by atoms with Crippen molar-refractivity contribution in [2.45, 2.75) is 26.6 Å². The Morgan fingerprint density at radius 1 is 1.17 bits per heavy atom. The summed E-state index contributed by atoms with van der Waals surface area (Å²) >= 11 is 0. The Hall–Kier alpha value is -0.346. The van der Waals surface area contributed by atoms with E-state index in [1.54, 1.807) is 5.19 Å². The van der Waals surface area contributed by atoms with Crippen molar-refractivity contribution in [2.75, 3.05) is 0 Å². The molecule has 0 aliphatic heterocycles. The zero-order chi connectivity index (χ0) is 9.35. The van der Waals surface area contributed by atoms with Crippen LogP contribution in [0, 0.1) is 6.92 Å². The number of benzene rings is 1. The van der Waals surface area contributed by atoms with Gasteiger partial charge in [-0.25, -0.2) is 0 Å². The van der Waals surface area contributed by atoms with E-state index >= 15 is 0 Å². The Bertz CT molecular complexity index is 264. The first kappa shape index (κ1) is 9.74. The SMILES string of the molecule is Cc1cccc([Si])c1[Si](C)(C)C. The maximum atomic E-state index is 3.67. The standard InChI is InChI=1S/C10H15Si2/c1-8-6-5-7-9(11)10(8)12(2,3)4/h5-7H,1-4H3. The lowest BCUT2D eigenvalue weighted by molar-refractivity contribution is 1.51. The molecule has 0 bridgehead atoms. The molecule has 0 aromatic heterocycles. The van der Waals surface area contributed by atoms with Gasteiger partial charge in [0.2, 0.25) is 0 Å². The molecule has 12 heavy (non-hydrogen) atoms. The van der Waals surface area contributed by atoms with E-state index in [1.807, 2.05) is 0 Å². The van der Waals surface area contributed by atoms with Gasteiger partial charge >= 0.3 is 0 Å². The van der Waals surface area contributed by atoms with Gasteiger partial charge in [0.15, 0.2) is 0 Å². The second kappa shape index (κ2) is 3.19. The van der Waals surface area contributed by atoms with E-state index in [2.05, 4.69) is 55.0 Å². The van der Waals surface area contributed by atoms with Gasteiger partial charge in [-0.2, -0.15) is 0 Å². The average Bonchev–Trinajstić information content (AvgIpc) is 1.82. The van der Waals surface area contributed by atoms with E-state index in [-0.39, 0.29) is 0 Å². The van der Waals surface area contributed by atoms with Crippen molar-refractivity contribution in [1.29, 1.82) is 0 Å². The van der Waals surface area contributed by atoms with Crippen molar-refractivity contribution in [3.63, 3.8) is 0 Å². The zero-order valence-electron chi connectivity index (χ0n) is 8.23. The third-order valence-corrected chi connectivity index (χ3v) is 4.85. The minimum absolute atomic E-state index is 1.17. The molecule has 0 aliphatic rings.